The molecule has 2 aromatic heterocycles. The van der Waals surface area contributed by atoms with E-state index in [4.69, 9.17) is 34.4 Å². The minimum atomic E-state index is 0. The molecule has 0 unspecified atom stereocenters. The van der Waals surface area contributed by atoms with Gasteiger partial charge in [0.1, 0.15) is 0 Å². The van der Waals surface area contributed by atoms with Crippen molar-refractivity contribution in [2.45, 2.75) is 0 Å². The number of hydrogen-bond donors (Lipinski definition) is 6. The average Bonchev–Trinajstić information content (AvgIpc) is 2.12. The van der Waals surface area contributed by atoms with Crippen molar-refractivity contribution in [3.8, 4) is 0 Å². The van der Waals surface area contributed by atoms with Crippen LogP contribution in [0.1, 0.15) is 0 Å². The van der Waals surface area contributed by atoms with Crippen LogP contribution in [0, 0.1) is 0 Å². The maximum absolute atomic E-state index is 5.14. The van der Waals surface area contributed by atoms with E-state index >= 15 is 0 Å². The van der Waals surface area contributed by atoms with E-state index < -0.39 is 0 Å². The molecule has 0 aliphatic rings. The standard InChI is InChI=1S/2C3H6N6.2Al.3O/c2*4-1-7-2(5)9-3(6)8-1;;;;;/h2*(H6,4,5,6,7,8,9);;;;;/q;;2*+3;3*-2. The summed E-state index contributed by atoms with van der Waals surface area (Å²) in [6.07, 6.45) is 0. The topological polar surface area (TPSA) is 319 Å². The molecule has 2 aromatic rings. The van der Waals surface area contributed by atoms with Crippen LogP contribution in [0.4, 0.5) is 35.7 Å². The fourth-order valence-corrected chi connectivity index (χ4v) is 0.854. The molecule has 0 saturated carbocycles. The van der Waals surface area contributed by atoms with Crippen molar-refractivity contribution in [2.75, 3.05) is 34.4 Å². The predicted molar refractivity (Wildman–Crippen MR) is 79.7 cm³/mol. The molecule has 17 heteroatoms. The van der Waals surface area contributed by atoms with E-state index in [0.29, 0.717) is 0 Å². The fraction of sp³-hybridized carbons (Fsp3) is 0. The van der Waals surface area contributed by atoms with Crippen LogP contribution in [0.2, 0.25) is 0 Å². The quantitative estimate of drug-likeness (QED) is 0.247. The van der Waals surface area contributed by atoms with Crippen LogP contribution in [0.3, 0.4) is 0 Å². The molecule has 23 heavy (non-hydrogen) atoms. The number of rotatable bonds is 0. The Morgan fingerprint density at radius 2 is 0.435 bits per heavy atom. The second-order valence-electron chi connectivity index (χ2n) is 2.82. The Morgan fingerprint density at radius 1 is 0.348 bits per heavy atom. The van der Waals surface area contributed by atoms with E-state index in [9.17, 15) is 0 Å². The van der Waals surface area contributed by atoms with Crippen LogP contribution >= 0.6 is 0 Å². The molecule has 0 radical (unpaired) electrons. The minimum Gasteiger partial charge on any atom is -2.00 e. The number of nitrogens with zero attached hydrogens (tertiary/aromatic N) is 6. The van der Waals surface area contributed by atoms with Gasteiger partial charge in [-0.1, -0.05) is 0 Å². The molecule has 0 fully saturated rings. The van der Waals surface area contributed by atoms with E-state index in [0.717, 1.165) is 0 Å². The molecule has 0 amide bonds. The molecule has 0 spiro atoms. The first-order valence-electron chi connectivity index (χ1n) is 4.42. The molecular formula is C6H12Al2N12O3. The van der Waals surface area contributed by atoms with Gasteiger partial charge >= 0.3 is 34.7 Å². The summed E-state index contributed by atoms with van der Waals surface area (Å²) in [4.78, 5) is 20.9. The van der Waals surface area contributed by atoms with Crippen LogP contribution in [0.15, 0.2) is 0 Å². The fourth-order valence-electron chi connectivity index (χ4n) is 0.854. The predicted octanol–water partition coefficient (Wildman–Crippen LogP) is -3.88. The van der Waals surface area contributed by atoms with E-state index in [-0.39, 0.29) is 86.8 Å². The molecule has 0 aromatic carbocycles. The molecule has 2 rings (SSSR count). The Bertz CT molecular complexity index is 410. The molecule has 15 nitrogen and oxygen atoms in total. The third-order valence-electron chi connectivity index (χ3n) is 1.37. The SMILES string of the molecule is Nc1nc(N)nc(N)n1.Nc1nc(N)nc(N)n1.[Al+3].[Al+3].[O-2].[O-2].[O-2]. The van der Waals surface area contributed by atoms with Crippen LogP contribution < -0.4 is 34.4 Å². The first-order valence-corrected chi connectivity index (χ1v) is 4.42. The van der Waals surface area contributed by atoms with Gasteiger partial charge in [0.25, 0.3) is 0 Å². The van der Waals surface area contributed by atoms with Crippen molar-refractivity contribution in [1.82, 2.24) is 29.9 Å². The molecule has 0 saturated heterocycles. The summed E-state index contributed by atoms with van der Waals surface area (Å²) in [5, 5.41) is 0. The number of anilines is 6. The number of nitrogen functional groups attached to an aromatic ring is 6. The molecule has 2 heterocycles. The van der Waals surface area contributed by atoms with Gasteiger partial charge in [0.2, 0.25) is 35.7 Å². The van der Waals surface area contributed by atoms with Gasteiger partial charge in [-0.3, -0.25) is 0 Å². The third kappa shape index (κ3) is 13.2. The van der Waals surface area contributed by atoms with Crippen LogP contribution in [0.25, 0.3) is 0 Å². The Balaban J connectivity index is -0.0000000771. The average molecular weight is 354 g/mol. The van der Waals surface area contributed by atoms with E-state index in [2.05, 4.69) is 29.9 Å². The van der Waals surface area contributed by atoms with Gasteiger partial charge < -0.3 is 50.8 Å². The smallest absolute Gasteiger partial charge is 2.00 e. The van der Waals surface area contributed by atoms with Crippen LogP contribution in [-0.2, 0) is 16.4 Å². The zero-order valence-corrected chi connectivity index (χ0v) is 13.8. The molecule has 120 valence electrons. The van der Waals surface area contributed by atoms with Gasteiger partial charge in [-0.05, 0) is 0 Å². The van der Waals surface area contributed by atoms with Gasteiger partial charge in [-0.15, -0.1) is 0 Å². The minimum absolute atomic E-state index is 0. The van der Waals surface area contributed by atoms with E-state index in [1.807, 2.05) is 0 Å². The van der Waals surface area contributed by atoms with Crippen molar-refractivity contribution in [1.29, 1.82) is 0 Å². The number of hydrogen-bond acceptors (Lipinski definition) is 12. The molecular weight excluding hydrogens is 342 g/mol. The van der Waals surface area contributed by atoms with Crippen molar-refractivity contribution < 1.29 is 16.4 Å². The first-order chi connectivity index (χ1) is 8.36. The Kier molecular flexibility index (Phi) is 20.8. The summed E-state index contributed by atoms with van der Waals surface area (Å²) >= 11 is 0. The second-order valence-corrected chi connectivity index (χ2v) is 2.82. The van der Waals surface area contributed by atoms with Gasteiger partial charge in [0.15, 0.2) is 0 Å². The van der Waals surface area contributed by atoms with E-state index in [1.165, 1.54) is 0 Å². The summed E-state index contributed by atoms with van der Waals surface area (Å²) < 4.78 is 0. The molecule has 0 aliphatic carbocycles. The van der Waals surface area contributed by atoms with Crippen LogP contribution in [0.5, 0.6) is 0 Å². The Hall–Kier alpha value is -2.24. The second kappa shape index (κ2) is 14.7. The zero-order valence-electron chi connectivity index (χ0n) is 11.5. The summed E-state index contributed by atoms with van der Waals surface area (Å²) in [5.41, 5.74) is 30.8. The van der Waals surface area contributed by atoms with Crippen molar-refractivity contribution in [2.24, 2.45) is 0 Å². The Labute approximate surface area is 151 Å². The van der Waals surface area contributed by atoms with Crippen molar-refractivity contribution >= 4 is 70.4 Å². The maximum Gasteiger partial charge on any atom is 3.00 e. The molecule has 0 atom stereocenters. The monoisotopic (exact) mass is 354 g/mol. The summed E-state index contributed by atoms with van der Waals surface area (Å²) in [5.74, 6) is 0.250. The van der Waals surface area contributed by atoms with Gasteiger partial charge in [0.05, 0.1) is 0 Å². The number of aromatic nitrogens is 6. The molecule has 12 N–H and O–H groups in total. The summed E-state index contributed by atoms with van der Waals surface area (Å²) in [6, 6.07) is 0. The van der Waals surface area contributed by atoms with E-state index in [1.54, 1.807) is 0 Å². The zero-order chi connectivity index (χ0) is 13.7. The first kappa shape index (κ1) is 32.6. The summed E-state index contributed by atoms with van der Waals surface area (Å²) in [7, 11) is 0. The van der Waals surface area contributed by atoms with Crippen molar-refractivity contribution in [3.63, 3.8) is 0 Å². The normalized spacial score (nSPS) is 7.30. The largest absolute Gasteiger partial charge is 3.00 e. The van der Waals surface area contributed by atoms with Crippen LogP contribution in [-0.4, -0.2) is 64.6 Å². The maximum atomic E-state index is 5.14. The molecule has 0 aliphatic heterocycles. The van der Waals surface area contributed by atoms with Crippen molar-refractivity contribution in [3.05, 3.63) is 0 Å². The van der Waals surface area contributed by atoms with Gasteiger partial charge in [-0.2, -0.15) is 29.9 Å². The van der Waals surface area contributed by atoms with Gasteiger partial charge in [0, 0.05) is 0 Å². The van der Waals surface area contributed by atoms with Gasteiger partial charge in [-0.25, -0.2) is 0 Å². The summed E-state index contributed by atoms with van der Waals surface area (Å²) in [6.45, 7) is 0. The molecule has 0 bridgehead atoms. The number of nitrogens with two attached hydrogens (primary N) is 6. The Morgan fingerprint density at radius 3 is 0.522 bits per heavy atom. The third-order valence-corrected chi connectivity index (χ3v) is 1.37.